The summed E-state index contributed by atoms with van der Waals surface area (Å²) < 4.78 is 10.9. The standard InChI is InChI=1S/C13H24N2O3/c1-10(11-3-2-6-18-11)15-12(16)13(9-14)4-7-17-8-5-13/h10-11H,2-9,14H2,1H3,(H,15,16). The van der Waals surface area contributed by atoms with Crippen LogP contribution >= 0.6 is 0 Å². The molecule has 0 spiro atoms. The Morgan fingerprint density at radius 1 is 1.44 bits per heavy atom. The highest BCUT2D eigenvalue weighted by Gasteiger charge is 2.40. The van der Waals surface area contributed by atoms with E-state index < -0.39 is 5.41 Å². The average Bonchev–Trinajstić information content (AvgIpc) is 2.93. The molecule has 0 bridgehead atoms. The molecule has 2 saturated heterocycles. The van der Waals surface area contributed by atoms with Gasteiger partial charge in [-0.25, -0.2) is 0 Å². The molecule has 2 rings (SSSR count). The van der Waals surface area contributed by atoms with Crippen molar-refractivity contribution < 1.29 is 14.3 Å². The lowest BCUT2D eigenvalue weighted by molar-refractivity contribution is -0.137. The summed E-state index contributed by atoms with van der Waals surface area (Å²) in [6, 6.07) is 0.0614. The first-order valence-electron chi connectivity index (χ1n) is 6.88. The fraction of sp³-hybridized carbons (Fsp3) is 0.923. The molecule has 0 radical (unpaired) electrons. The molecule has 2 fully saturated rings. The van der Waals surface area contributed by atoms with Gasteiger partial charge in [0.1, 0.15) is 0 Å². The van der Waals surface area contributed by atoms with Gasteiger partial charge in [0, 0.05) is 26.4 Å². The summed E-state index contributed by atoms with van der Waals surface area (Å²) in [4.78, 5) is 12.4. The quantitative estimate of drug-likeness (QED) is 0.765. The van der Waals surface area contributed by atoms with E-state index in [2.05, 4.69) is 5.32 Å². The maximum Gasteiger partial charge on any atom is 0.227 e. The SMILES string of the molecule is CC(NC(=O)C1(CN)CCOCC1)C1CCCO1. The minimum atomic E-state index is -0.439. The number of nitrogens with two attached hydrogens (primary N) is 1. The van der Waals surface area contributed by atoms with Crippen LogP contribution in [-0.4, -0.2) is 44.4 Å². The first-order valence-corrected chi connectivity index (χ1v) is 6.88. The first-order chi connectivity index (χ1) is 8.68. The molecule has 0 aromatic rings. The van der Waals surface area contributed by atoms with Crippen molar-refractivity contribution in [1.29, 1.82) is 0 Å². The summed E-state index contributed by atoms with van der Waals surface area (Å²) in [5.74, 6) is 0.0660. The summed E-state index contributed by atoms with van der Waals surface area (Å²) in [6.07, 6.45) is 3.70. The van der Waals surface area contributed by atoms with E-state index in [0.717, 1.165) is 19.4 Å². The van der Waals surface area contributed by atoms with Crippen molar-refractivity contribution in [3.8, 4) is 0 Å². The van der Waals surface area contributed by atoms with Crippen molar-refractivity contribution in [2.24, 2.45) is 11.1 Å². The summed E-state index contributed by atoms with van der Waals surface area (Å²) in [5, 5.41) is 3.08. The lowest BCUT2D eigenvalue weighted by Crippen LogP contribution is -2.53. The number of hydrogen-bond acceptors (Lipinski definition) is 4. The molecular formula is C13H24N2O3. The zero-order chi connectivity index (χ0) is 13.0. The molecule has 2 atom stereocenters. The third-order valence-electron chi connectivity index (χ3n) is 4.20. The van der Waals surface area contributed by atoms with Gasteiger partial charge in [0.25, 0.3) is 0 Å². The van der Waals surface area contributed by atoms with Crippen LogP contribution < -0.4 is 11.1 Å². The highest BCUT2D eigenvalue weighted by molar-refractivity contribution is 5.83. The number of rotatable bonds is 4. The normalized spacial score (nSPS) is 28.9. The Morgan fingerprint density at radius 2 is 2.17 bits per heavy atom. The van der Waals surface area contributed by atoms with Gasteiger partial charge >= 0.3 is 0 Å². The molecule has 0 aromatic heterocycles. The van der Waals surface area contributed by atoms with Crippen molar-refractivity contribution in [1.82, 2.24) is 5.32 Å². The van der Waals surface area contributed by atoms with Crippen LogP contribution in [0.1, 0.15) is 32.6 Å². The Morgan fingerprint density at radius 3 is 2.72 bits per heavy atom. The molecule has 0 aromatic carbocycles. The largest absolute Gasteiger partial charge is 0.381 e. The van der Waals surface area contributed by atoms with Crippen LogP contribution in [-0.2, 0) is 14.3 Å². The van der Waals surface area contributed by atoms with Crippen LogP contribution in [0.4, 0.5) is 0 Å². The number of ether oxygens (including phenoxy) is 2. The van der Waals surface area contributed by atoms with Gasteiger partial charge in [-0.3, -0.25) is 4.79 Å². The van der Waals surface area contributed by atoms with E-state index in [1.807, 2.05) is 6.92 Å². The molecule has 1 amide bonds. The van der Waals surface area contributed by atoms with Gasteiger partial charge in [-0.05, 0) is 32.6 Å². The average molecular weight is 256 g/mol. The summed E-state index contributed by atoms with van der Waals surface area (Å²) in [5.41, 5.74) is 5.38. The van der Waals surface area contributed by atoms with Gasteiger partial charge in [-0.15, -0.1) is 0 Å². The molecular weight excluding hydrogens is 232 g/mol. The van der Waals surface area contributed by atoms with Gasteiger partial charge in [0.05, 0.1) is 17.6 Å². The minimum Gasteiger partial charge on any atom is -0.381 e. The highest BCUT2D eigenvalue weighted by atomic mass is 16.5. The molecule has 2 aliphatic heterocycles. The second-order valence-electron chi connectivity index (χ2n) is 5.41. The van der Waals surface area contributed by atoms with Gasteiger partial charge in [-0.2, -0.15) is 0 Å². The van der Waals surface area contributed by atoms with E-state index in [9.17, 15) is 4.79 Å². The zero-order valence-electron chi connectivity index (χ0n) is 11.1. The first kappa shape index (κ1) is 13.8. The van der Waals surface area contributed by atoms with E-state index in [0.29, 0.717) is 32.6 Å². The van der Waals surface area contributed by atoms with E-state index in [-0.39, 0.29) is 18.1 Å². The Balaban J connectivity index is 1.92. The van der Waals surface area contributed by atoms with Gasteiger partial charge in [0.15, 0.2) is 0 Å². The fourth-order valence-electron chi connectivity index (χ4n) is 2.74. The molecule has 0 saturated carbocycles. The minimum absolute atomic E-state index is 0.0614. The van der Waals surface area contributed by atoms with Crippen LogP contribution in [0.5, 0.6) is 0 Å². The van der Waals surface area contributed by atoms with Gasteiger partial charge in [0.2, 0.25) is 5.91 Å². The van der Waals surface area contributed by atoms with Crippen LogP contribution in [0, 0.1) is 5.41 Å². The second-order valence-corrected chi connectivity index (χ2v) is 5.41. The van der Waals surface area contributed by atoms with Crippen molar-refractivity contribution in [3.05, 3.63) is 0 Å². The summed E-state index contributed by atoms with van der Waals surface area (Å²) in [6.45, 7) is 4.45. The summed E-state index contributed by atoms with van der Waals surface area (Å²) >= 11 is 0. The molecule has 0 aliphatic carbocycles. The molecule has 18 heavy (non-hydrogen) atoms. The van der Waals surface area contributed by atoms with Crippen LogP contribution in [0.2, 0.25) is 0 Å². The Labute approximate surface area is 108 Å². The molecule has 3 N–H and O–H groups in total. The molecule has 2 aliphatic rings. The van der Waals surface area contributed by atoms with Gasteiger partial charge in [-0.1, -0.05) is 0 Å². The third kappa shape index (κ3) is 2.84. The lowest BCUT2D eigenvalue weighted by atomic mass is 9.79. The van der Waals surface area contributed by atoms with E-state index in [1.165, 1.54) is 0 Å². The van der Waals surface area contributed by atoms with E-state index >= 15 is 0 Å². The van der Waals surface area contributed by atoms with Crippen LogP contribution in [0.3, 0.4) is 0 Å². The van der Waals surface area contributed by atoms with Gasteiger partial charge < -0.3 is 20.5 Å². The molecule has 2 unspecified atom stereocenters. The monoisotopic (exact) mass is 256 g/mol. The van der Waals surface area contributed by atoms with Crippen LogP contribution in [0.25, 0.3) is 0 Å². The zero-order valence-corrected chi connectivity index (χ0v) is 11.1. The molecule has 5 heteroatoms. The maximum absolute atomic E-state index is 12.4. The fourth-order valence-corrected chi connectivity index (χ4v) is 2.74. The predicted molar refractivity (Wildman–Crippen MR) is 68.1 cm³/mol. The summed E-state index contributed by atoms with van der Waals surface area (Å²) in [7, 11) is 0. The molecule has 2 heterocycles. The molecule has 5 nitrogen and oxygen atoms in total. The number of carbonyl (C=O) groups is 1. The lowest BCUT2D eigenvalue weighted by Gasteiger charge is -2.36. The topological polar surface area (TPSA) is 73.6 Å². The van der Waals surface area contributed by atoms with Crippen molar-refractivity contribution in [2.75, 3.05) is 26.4 Å². The maximum atomic E-state index is 12.4. The number of nitrogens with one attached hydrogen (secondary N) is 1. The number of hydrogen-bond donors (Lipinski definition) is 2. The van der Waals surface area contributed by atoms with E-state index in [1.54, 1.807) is 0 Å². The highest BCUT2D eigenvalue weighted by Crippen LogP contribution is 2.30. The number of amides is 1. The van der Waals surface area contributed by atoms with Crippen molar-refractivity contribution >= 4 is 5.91 Å². The second kappa shape index (κ2) is 5.99. The van der Waals surface area contributed by atoms with E-state index in [4.69, 9.17) is 15.2 Å². The smallest absolute Gasteiger partial charge is 0.227 e. The van der Waals surface area contributed by atoms with Crippen molar-refractivity contribution in [2.45, 2.75) is 44.8 Å². The Bertz CT molecular complexity index is 284. The van der Waals surface area contributed by atoms with Crippen LogP contribution in [0.15, 0.2) is 0 Å². The van der Waals surface area contributed by atoms with Crippen molar-refractivity contribution in [3.63, 3.8) is 0 Å². The number of carbonyl (C=O) groups excluding carboxylic acids is 1. The predicted octanol–water partition coefficient (Wildman–Crippen LogP) is 0.426. The third-order valence-corrected chi connectivity index (χ3v) is 4.20. The Hall–Kier alpha value is -0.650. The Kier molecular flexibility index (Phi) is 4.59. The molecule has 104 valence electrons.